The van der Waals surface area contributed by atoms with Crippen molar-refractivity contribution >= 4 is 15.9 Å². The van der Waals surface area contributed by atoms with Gasteiger partial charge in [0.05, 0.1) is 11.9 Å². The average Bonchev–Trinajstić information content (AvgIpc) is 2.72. The van der Waals surface area contributed by atoms with Gasteiger partial charge in [-0.05, 0) is 26.1 Å². The molecule has 3 nitrogen and oxygen atoms in total. The van der Waals surface area contributed by atoms with Crippen molar-refractivity contribution in [3.63, 3.8) is 0 Å². The zero-order valence-corrected chi connectivity index (χ0v) is 11.7. The highest BCUT2D eigenvalue weighted by atomic mass is 79.9. The summed E-state index contributed by atoms with van der Waals surface area (Å²) in [5.74, 6) is 0. The molecule has 1 N–H and O–H groups in total. The van der Waals surface area contributed by atoms with Crippen LogP contribution in [-0.2, 0) is 13.1 Å². The van der Waals surface area contributed by atoms with Gasteiger partial charge in [-0.15, -0.1) is 0 Å². The second kappa shape index (κ2) is 5.47. The lowest BCUT2D eigenvalue weighted by molar-refractivity contribution is 0.666. The van der Waals surface area contributed by atoms with Crippen LogP contribution in [0.5, 0.6) is 0 Å². The first-order valence-electron chi connectivity index (χ1n) is 5.71. The van der Waals surface area contributed by atoms with Crippen LogP contribution in [0.2, 0.25) is 0 Å². The molecular weight excluding hydrogens is 278 g/mol. The van der Waals surface area contributed by atoms with Gasteiger partial charge in [0.15, 0.2) is 0 Å². The number of nitrogens with zero attached hydrogens (tertiary/aromatic N) is 2. The van der Waals surface area contributed by atoms with Gasteiger partial charge in [0.25, 0.3) is 0 Å². The van der Waals surface area contributed by atoms with E-state index in [2.05, 4.69) is 51.5 Å². The third-order valence-corrected chi connectivity index (χ3v) is 3.17. The number of benzene rings is 1. The maximum atomic E-state index is 4.42. The lowest BCUT2D eigenvalue weighted by Gasteiger charge is -2.08. The van der Waals surface area contributed by atoms with Gasteiger partial charge < -0.3 is 5.32 Å². The van der Waals surface area contributed by atoms with E-state index < -0.39 is 0 Å². The van der Waals surface area contributed by atoms with Crippen molar-refractivity contribution < 1.29 is 0 Å². The minimum Gasteiger partial charge on any atom is -0.316 e. The summed E-state index contributed by atoms with van der Waals surface area (Å²) in [6.45, 7) is 3.82. The van der Waals surface area contributed by atoms with E-state index in [1.807, 2.05) is 24.0 Å². The summed E-state index contributed by atoms with van der Waals surface area (Å²) in [6.07, 6.45) is 1.94. The van der Waals surface area contributed by atoms with Crippen molar-refractivity contribution in [3.8, 4) is 11.3 Å². The molecule has 0 aliphatic heterocycles. The predicted molar refractivity (Wildman–Crippen MR) is 73.8 cm³/mol. The van der Waals surface area contributed by atoms with Crippen LogP contribution in [0.4, 0.5) is 0 Å². The standard InChI is InChI=1S/C13H16BrN3/c1-3-17-13(11(8-15-2)9-16-17)10-5-4-6-12(14)7-10/h4-7,9,15H,3,8H2,1-2H3. The van der Waals surface area contributed by atoms with Gasteiger partial charge in [-0.1, -0.05) is 28.1 Å². The SMILES string of the molecule is CCn1ncc(CNC)c1-c1cccc(Br)c1. The van der Waals surface area contributed by atoms with Crippen molar-refractivity contribution in [2.24, 2.45) is 0 Å². The van der Waals surface area contributed by atoms with Crippen molar-refractivity contribution in [1.82, 2.24) is 15.1 Å². The number of hydrogen-bond acceptors (Lipinski definition) is 2. The second-order valence-corrected chi connectivity index (χ2v) is 4.79. The van der Waals surface area contributed by atoms with Crippen molar-refractivity contribution in [1.29, 1.82) is 0 Å². The molecule has 0 bridgehead atoms. The Morgan fingerprint density at radius 2 is 2.24 bits per heavy atom. The van der Waals surface area contributed by atoms with Gasteiger partial charge in [0.1, 0.15) is 0 Å². The monoisotopic (exact) mass is 293 g/mol. The zero-order valence-electron chi connectivity index (χ0n) is 10.1. The van der Waals surface area contributed by atoms with E-state index in [4.69, 9.17) is 0 Å². The molecule has 0 aliphatic carbocycles. The van der Waals surface area contributed by atoms with Crippen LogP contribution in [-0.4, -0.2) is 16.8 Å². The quantitative estimate of drug-likeness (QED) is 0.939. The third kappa shape index (κ3) is 2.58. The Labute approximate surface area is 110 Å². The molecular formula is C13H16BrN3. The van der Waals surface area contributed by atoms with E-state index >= 15 is 0 Å². The van der Waals surface area contributed by atoms with Gasteiger partial charge >= 0.3 is 0 Å². The maximum Gasteiger partial charge on any atom is 0.0727 e. The van der Waals surface area contributed by atoms with Crippen molar-refractivity contribution in [2.75, 3.05) is 7.05 Å². The van der Waals surface area contributed by atoms with Crippen LogP contribution in [0, 0.1) is 0 Å². The topological polar surface area (TPSA) is 29.9 Å². The maximum absolute atomic E-state index is 4.42. The smallest absolute Gasteiger partial charge is 0.0727 e. The zero-order chi connectivity index (χ0) is 12.3. The number of aryl methyl sites for hydroxylation is 1. The van der Waals surface area contributed by atoms with E-state index in [0.717, 1.165) is 17.6 Å². The normalized spacial score (nSPS) is 10.8. The molecule has 1 aromatic heterocycles. The molecule has 17 heavy (non-hydrogen) atoms. The summed E-state index contributed by atoms with van der Waals surface area (Å²) in [4.78, 5) is 0. The summed E-state index contributed by atoms with van der Waals surface area (Å²) >= 11 is 3.51. The Kier molecular flexibility index (Phi) is 3.97. The molecule has 0 saturated carbocycles. The minimum absolute atomic E-state index is 0.835. The predicted octanol–water partition coefficient (Wildman–Crippen LogP) is 3.05. The average molecular weight is 294 g/mol. The molecule has 0 radical (unpaired) electrons. The van der Waals surface area contributed by atoms with Crippen LogP contribution in [0.25, 0.3) is 11.3 Å². The highest BCUT2D eigenvalue weighted by Gasteiger charge is 2.11. The molecule has 0 unspecified atom stereocenters. The first kappa shape index (κ1) is 12.3. The van der Waals surface area contributed by atoms with E-state index in [0.29, 0.717) is 0 Å². The van der Waals surface area contributed by atoms with Crippen molar-refractivity contribution in [2.45, 2.75) is 20.0 Å². The molecule has 2 aromatic rings. The molecule has 0 aliphatic rings. The summed E-state index contributed by atoms with van der Waals surface area (Å²) in [7, 11) is 1.95. The summed E-state index contributed by atoms with van der Waals surface area (Å²) in [5, 5.41) is 7.60. The Hall–Kier alpha value is -1.13. The van der Waals surface area contributed by atoms with Gasteiger partial charge in [0.2, 0.25) is 0 Å². The van der Waals surface area contributed by atoms with Crippen LogP contribution >= 0.6 is 15.9 Å². The van der Waals surface area contributed by atoms with Gasteiger partial charge in [-0.2, -0.15) is 5.10 Å². The fraction of sp³-hybridized carbons (Fsp3) is 0.308. The highest BCUT2D eigenvalue weighted by molar-refractivity contribution is 9.10. The molecule has 90 valence electrons. The van der Waals surface area contributed by atoms with Gasteiger partial charge in [-0.3, -0.25) is 4.68 Å². The molecule has 0 amide bonds. The highest BCUT2D eigenvalue weighted by Crippen LogP contribution is 2.26. The van der Waals surface area contributed by atoms with Gasteiger partial charge in [0, 0.05) is 28.7 Å². The molecule has 1 aromatic carbocycles. The molecule has 0 fully saturated rings. The number of aromatic nitrogens is 2. The van der Waals surface area contributed by atoms with Crippen LogP contribution in [0.1, 0.15) is 12.5 Å². The Morgan fingerprint density at radius 1 is 1.41 bits per heavy atom. The summed E-state index contributed by atoms with van der Waals surface area (Å²) < 4.78 is 3.13. The number of hydrogen-bond donors (Lipinski definition) is 1. The Bertz CT molecular complexity index is 505. The van der Waals surface area contributed by atoms with Crippen LogP contribution in [0.15, 0.2) is 34.9 Å². The molecule has 0 spiro atoms. The molecule has 4 heteroatoms. The molecule has 2 rings (SSSR count). The fourth-order valence-electron chi connectivity index (χ4n) is 1.95. The van der Waals surface area contributed by atoms with E-state index in [9.17, 15) is 0 Å². The Balaban J connectivity index is 2.51. The second-order valence-electron chi connectivity index (χ2n) is 3.87. The van der Waals surface area contributed by atoms with Crippen molar-refractivity contribution in [3.05, 3.63) is 40.5 Å². The molecule has 0 saturated heterocycles. The Morgan fingerprint density at radius 3 is 2.88 bits per heavy atom. The van der Waals surface area contributed by atoms with E-state index in [1.54, 1.807) is 0 Å². The summed E-state index contributed by atoms with van der Waals surface area (Å²) in [5.41, 5.74) is 3.62. The lowest BCUT2D eigenvalue weighted by Crippen LogP contribution is -2.07. The number of rotatable bonds is 4. The fourth-order valence-corrected chi connectivity index (χ4v) is 2.35. The number of halogens is 1. The minimum atomic E-state index is 0.835. The number of nitrogens with one attached hydrogen (secondary N) is 1. The van der Waals surface area contributed by atoms with Crippen LogP contribution in [0.3, 0.4) is 0 Å². The lowest BCUT2D eigenvalue weighted by atomic mass is 10.1. The first-order valence-corrected chi connectivity index (χ1v) is 6.50. The third-order valence-electron chi connectivity index (χ3n) is 2.68. The van der Waals surface area contributed by atoms with Crippen LogP contribution < -0.4 is 5.32 Å². The largest absolute Gasteiger partial charge is 0.316 e. The first-order chi connectivity index (χ1) is 8.26. The van der Waals surface area contributed by atoms with E-state index in [1.165, 1.54) is 16.8 Å². The van der Waals surface area contributed by atoms with Gasteiger partial charge in [-0.25, -0.2) is 0 Å². The molecule has 0 atom stereocenters. The van der Waals surface area contributed by atoms with E-state index in [-0.39, 0.29) is 0 Å². The molecule has 1 heterocycles. The summed E-state index contributed by atoms with van der Waals surface area (Å²) in [6, 6.07) is 8.33.